The zero-order valence-corrected chi connectivity index (χ0v) is 13.2. The van der Waals surface area contributed by atoms with Gasteiger partial charge in [0.25, 0.3) is 5.69 Å². The van der Waals surface area contributed by atoms with Crippen LogP contribution in [0.1, 0.15) is 25.3 Å². The Bertz CT molecular complexity index is 634. The Kier molecular flexibility index (Phi) is 5.30. The van der Waals surface area contributed by atoms with Crippen LogP contribution in [-0.2, 0) is 11.0 Å². The first-order valence-corrected chi connectivity index (χ1v) is 7.62. The van der Waals surface area contributed by atoms with E-state index < -0.39 is 22.4 Å². The number of anilines is 1. The molecule has 1 aromatic carbocycles. The fraction of sp³-hybridized carbons (Fsp3) is 0.533. The van der Waals surface area contributed by atoms with Gasteiger partial charge in [-0.2, -0.15) is 13.2 Å². The second-order valence-electron chi connectivity index (χ2n) is 5.53. The van der Waals surface area contributed by atoms with Crippen molar-refractivity contribution in [1.82, 2.24) is 4.90 Å². The van der Waals surface area contributed by atoms with Crippen molar-refractivity contribution in [1.29, 1.82) is 0 Å². The summed E-state index contributed by atoms with van der Waals surface area (Å²) in [6.07, 6.45) is -3.66. The highest BCUT2D eigenvalue weighted by Gasteiger charge is 2.34. The SMILES string of the molecule is CCC(=O)N1CCCN(c2ccc(C(F)(F)F)cc2[N+](=O)[O-])CC1. The fourth-order valence-corrected chi connectivity index (χ4v) is 2.74. The first-order valence-electron chi connectivity index (χ1n) is 7.62. The molecule has 1 saturated heterocycles. The van der Waals surface area contributed by atoms with Crippen molar-refractivity contribution < 1.29 is 22.9 Å². The molecular formula is C15H18F3N3O3. The van der Waals surface area contributed by atoms with E-state index in [0.717, 1.165) is 12.1 Å². The number of nitro benzene ring substituents is 1. The molecule has 0 atom stereocenters. The van der Waals surface area contributed by atoms with E-state index in [1.54, 1.807) is 16.7 Å². The largest absolute Gasteiger partial charge is 0.416 e. The lowest BCUT2D eigenvalue weighted by Gasteiger charge is -2.23. The standard InChI is InChI=1S/C15H18F3N3O3/c1-2-14(22)20-7-3-6-19(8-9-20)12-5-4-11(15(16,17)18)10-13(12)21(23)24/h4-5,10H,2-3,6-9H2,1H3. The molecule has 9 heteroatoms. The van der Waals surface area contributed by atoms with Crippen LogP contribution in [0.3, 0.4) is 0 Å². The Morgan fingerprint density at radius 2 is 1.96 bits per heavy atom. The van der Waals surface area contributed by atoms with Crippen LogP contribution < -0.4 is 4.90 Å². The molecule has 0 radical (unpaired) electrons. The lowest BCUT2D eigenvalue weighted by Crippen LogP contribution is -2.34. The van der Waals surface area contributed by atoms with Crippen molar-refractivity contribution in [3.63, 3.8) is 0 Å². The third-order valence-electron chi connectivity index (χ3n) is 3.99. The third-order valence-corrected chi connectivity index (χ3v) is 3.99. The highest BCUT2D eigenvalue weighted by atomic mass is 19.4. The lowest BCUT2D eigenvalue weighted by molar-refractivity contribution is -0.384. The number of halogens is 3. The molecule has 0 aliphatic carbocycles. The van der Waals surface area contributed by atoms with Crippen LogP contribution in [0.4, 0.5) is 24.5 Å². The number of benzene rings is 1. The molecule has 2 rings (SSSR count). The van der Waals surface area contributed by atoms with Crippen LogP contribution in [0.5, 0.6) is 0 Å². The molecule has 1 fully saturated rings. The number of nitrogens with zero attached hydrogens (tertiary/aromatic N) is 3. The molecule has 1 aromatic rings. The molecule has 1 aliphatic heterocycles. The third kappa shape index (κ3) is 3.95. The molecule has 0 spiro atoms. The summed E-state index contributed by atoms with van der Waals surface area (Å²) in [5.41, 5.74) is -1.46. The summed E-state index contributed by atoms with van der Waals surface area (Å²) >= 11 is 0. The van der Waals surface area contributed by atoms with Crippen LogP contribution in [-0.4, -0.2) is 41.9 Å². The van der Waals surface area contributed by atoms with Gasteiger partial charge < -0.3 is 9.80 Å². The van der Waals surface area contributed by atoms with Gasteiger partial charge in [0.05, 0.1) is 10.5 Å². The Morgan fingerprint density at radius 1 is 1.25 bits per heavy atom. The summed E-state index contributed by atoms with van der Waals surface area (Å²) in [6, 6.07) is 2.55. The summed E-state index contributed by atoms with van der Waals surface area (Å²) in [4.78, 5) is 25.5. The molecule has 6 nitrogen and oxygen atoms in total. The molecule has 0 N–H and O–H groups in total. The van der Waals surface area contributed by atoms with Gasteiger partial charge in [0.2, 0.25) is 5.91 Å². The van der Waals surface area contributed by atoms with Crippen LogP contribution >= 0.6 is 0 Å². The monoisotopic (exact) mass is 345 g/mol. The van der Waals surface area contributed by atoms with Crippen molar-refractivity contribution in [2.45, 2.75) is 25.9 Å². The second kappa shape index (κ2) is 7.06. The van der Waals surface area contributed by atoms with Gasteiger partial charge in [-0.25, -0.2) is 0 Å². The fourth-order valence-electron chi connectivity index (χ4n) is 2.74. The number of alkyl halides is 3. The summed E-state index contributed by atoms with van der Waals surface area (Å²) in [5.74, 6) is -0.00114. The molecule has 1 heterocycles. The summed E-state index contributed by atoms with van der Waals surface area (Å²) in [7, 11) is 0. The van der Waals surface area contributed by atoms with E-state index in [-0.39, 0.29) is 11.6 Å². The number of hydrogen-bond donors (Lipinski definition) is 0. The van der Waals surface area contributed by atoms with Crippen molar-refractivity contribution >= 4 is 17.3 Å². The van der Waals surface area contributed by atoms with Crippen LogP contribution in [0.2, 0.25) is 0 Å². The summed E-state index contributed by atoms with van der Waals surface area (Å²) in [6.45, 7) is 3.48. The van der Waals surface area contributed by atoms with Crippen LogP contribution in [0, 0.1) is 10.1 Å². The number of hydrogen-bond acceptors (Lipinski definition) is 4. The maximum Gasteiger partial charge on any atom is 0.416 e. The Labute approximate surface area is 137 Å². The van der Waals surface area contributed by atoms with E-state index in [2.05, 4.69) is 0 Å². The van der Waals surface area contributed by atoms with E-state index in [0.29, 0.717) is 45.1 Å². The highest BCUT2D eigenvalue weighted by molar-refractivity contribution is 5.76. The van der Waals surface area contributed by atoms with Crippen LogP contribution in [0.15, 0.2) is 18.2 Å². The first kappa shape index (κ1) is 18.0. The number of nitro groups is 1. The van der Waals surface area contributed by atoms with Gasteiger partial charge in [-0.3, -0.25) is 14.9 Å². The smallest absolute Gasteiger partial charge is 0.364 e. The predicted molar refractivity (Wildman–Crippen MR) is 81.8 cm³/mol. The summed E-state index contributed by atoms with van der Waals surface area (Å²) in [5, 5.41) is 11.2. The lowest BCUT2D eigenvalue weighted by atomic mass is 10.1. The Hall–Kier alpha value is -2.32. The van der Waals surface area contributed by atoms with Gasteiger partial charge in [0.15, 0.2) is 0 Å². The average molecular weight is 345 g/mol. The van der Waals surface area contributed by atoms with E-state index in [9.17, 15) is 28.1 Å². The topological polar surface area (TPSA) is 66.7 Å². The van der Waals surface area contributed by atoms with Crippen LogP contribution in [0.25, 0.3) is 0 Å². The Balaban J connectivity index is 2.28. The molecule has 1 aliphatic rings. The number of rotatable bonds is 3. The number of amides is 1. The van der Waals surface area contributed by atoms with Crippen molar-refractivity contribution in [2.24, 2.45) is 0 Å². The molecule has 0 saturated carbocycles. The van der Waals surface area contributed by atoms with Crippen molar-refractivity contribution in [2.75, 3.05) is 31.1 Å². The van der Waals surface area contributed by atoms with E-state index in [4.69, 9.17) is 0 Å². The molecule has 1 amide bonds. The summed E-state index contributed by atoms with van der Waals surface area (Å²) < 4.78 is 38.3. The molecule has 0 aromatic heterocycles. The second-order valence-corrected chi connectivity index (χ2v) is 5.53. The maximum atomic E-state index is 12.8. The van der Waals surface area contributed by atoms with Gasteiger partial charge in [0.1, 0.15) is 5.69 Å². The minimum absolute atomic E-state index is 0.00114. The van der Waals surface area contributed by atoms with Gasteiger partial charge in [-0.1, -0.05) is 6.92 Å². The minimum Gasteiger partial charge on any atom is -0.364 e. The molecule has 0 unspecified atom stereocenters. The van der Waals surface area contributed by atoms with Crippen molar-refractivity contribution in [3.05, 3.63) is 33.9 Å². The number of carbonyl (C=O) groups is 1. The van der Waals surface area contributed by atoms with Gasteiger partial charge in [-0.05, 0) is 18.6 Å². The highest BCUT2D eigenvalue weighted by Crippen LogP contribution is 2.36. The Morgan fingerprint density at radius 3 is 2.54 bits per heavy atom. The zero-order chi connectivity index (χ0) is 17.9. The first-order chi connectivity index (χ1) is 11.2. The molecule has 0 bridgehead atoms. The van der Waals surface area contributed by atoms with Crippen molar-refractivity contribution in [3.8, 4) is 0 Å². The molecule has 132 valence electrons. The average Bonchev–Trinajstić information content (AvgIpc) is 2.78. The van der Waals surface area contributed by atoms with Gasteiger partial charge in [0, 0.05) is 38.7 Å². The van der Waals surface area contributed by atoms with E-state index >= 15 is 0 Å². The molecular weight excluding hydrogens is 327 g/mol. The molecule has 24 heavy (non-hydrogen) atoms. The minimum atomic E-state index is -4.63. The number of carbonyl (C=O) groups excluding carboxylic acids is 1. The maximum absolute atomic E-state index is 12.8. The van der Waals surface area contributed by atoms with E-state index in [1.165, 1.54) is 0 Å². The van der Waals surface area contributed by atoms with Gasteiger partial charge >= 0.3 is 6.18 Å². The predicted octanol–water partition coefficient (Wildman–Crippen LogP) is 3.06. The van der Waals surface area contributed by atoms with E-state index in [1.807, 2.05) is 0 Å². The zero-order valence-electron chi connectivity index (χ0n) is 13.2. The quantitative estimate of drug-likeness (QED) is 0.624. The van der Waals surface area contributed by atoms with Gasteiger partial charge in [-0.15, -0.1) is 0 Å². The normalized spacial score (nSPS) is 16.0.